The van der Waals surface area contributed by atoms with Gasteiger partial charge >= 0.3 is 0 Å². The first-order valence-electron chi connectivity index (χ1n) is 4.75. The number of aliphatic hydroxyl groups excluding tert-OH is 2. The van der Waals surface area contributed by atoms with Crippen molar-refractivity contribution in [1.29, 1.82) is 0 Å². The van der Waals surface area contributed by atoms with Gasteiger partial charge in [-0.2, -0.15) is 0 Å². The zero-order valence-corrected chi connectivity index (χ0v) is 8.31. The maximum absolute atomic E-state index is 9.25. The molecule has 14 heavy (non-hydrogen) atoms. The van der Waals surface area contributed by atoms with Crippen molar-refractivity contribution in [3.63, 3.8) is 0 Å². The van der Waals surface area contributed by atoms with Gasteiger partial charge in [0.05, 0.1) is 12.7 Å². The zero-order valence-electron chi connectivity index (χ0n) is 8.31. The van der Waals surface area contributed by atoms with Gasteiger partial charge in [-0.1, -0.05) is 12.1 Å². The molecule has 0 heterocycles. The summed E-state index contributed by atoms with van der Waals surface area (Å²) >= 11 is 0. The summed E-state index contributed by atoms with van der Waals surface area (Å²) in [5.74, 6) is 0.767. The molecule has 1 rings (SSSR count). The van der Waals surface area contributed by atoms with E-state index in [1.54, 1.807) is 6.92 Å². The first kappa shape index (κ1) is 11.0. The SMILES string of the molecule is C[C@@H](O)c1ccc(OCCCO)cc1. The molecule has 0 aliphatic heterocycles. The number of hydrogen-bond acceptors (Lipinski definition) is 3. The van der Waals surface area contributed by atoms with Crippen LogP contribution < -0.4 is 4.74 Å². The Morgan fingerprint density at radius 1 is 1.29 bits per heavy atom. The lowest BCUT2D eigenvalue weighted by molar-refractivity contribution is 0.199. The van der Waals surface area contributed by atoms with Crippen LogP contribution in [0.15, 0.2) is 24.3 Å². The maximum atomic E-state index is 9.25. The first-order chi connectivity index (χ1) is 6.74. The second kappa shape index (κ2) is 5.62. The summed E-state index contributed by atoms with van der Waals surface area (Å²) in [5.41, 5.74) is 0.875. The summed E-state index contributed by atoms with van der Waals surface area (Å²) < 4.78 is 5.34. The summed E-state index contributed by atoms with van der Waals surface area (Å²) in [6, 6.07) is 7.30. The summed E-state index contributed by atoms with van der Waals surface area (Å²) in [6.07, 6.45) is 0.194. The Labute approximate surface area is 84.0 Å². The molecule has 0 fully saturated rings. The molecule has 0 saturated heterocycles. The molecule has 0 bridgehead atoms. The van der Waals surface area contributed by atoms with Crippen LogP contribution in [0, 0.1) is 0 Å². The molecule has 1 aromatic rings. The summed E-state index contributed by atoms with van der Waals surface area (Å²) in [4.78, 5) is 0. The molecule has 0 unspecified atom stereocenters. The molecule has 0 spiro atoms. The molecular formula is C11H16O3. The largest absolute Gasteiger partial charge is 0.494 e. The van der Waals surface area contributed by atoms with E-state index in [4.69, 9.17) is 9.84 Å². The van der Waals surface area contributed by atoms with Crippen molar-refractivity contribution >= 4 is 0 Å². The lowest BCUT2D eigenvalue weighted by Gasteiger charge is -2.07. The van der Waals surface area contributed by atoms with Crippen molar-refractivity contribution < 1.29 is 14.9 Å². The molecule has 0 saturated carbocycles. The van der Waals surface area contributed by atoms with E-state index in [2.05, 4.69) is 0 Å². The third-order valence-electron chi connectivity index (χ3n) is 1.93. The van der Waals surface area contributed by atoms with E-state index in [-0.39, 0.29) is 6.61 Å². The van der Waals surface area contributed by atoms with Crippen LogP contribution in [0.1, 0.15) is 25.0 Å². The molecule has 0 aliphatic carbocycles. The van der Waals surface area contributed by atoms with Crippen molar-refractivity contribution in [2.45, 2.75) is 19.4 Å². The van der Waals surface area contributed by atoms with E-state index in [0.717, 1.165) is 11.3 Å². The minimum absolute atomic E-state index is 0.145. The Balaban J connectivity index is 2.47. The van der Waals surface area contributed by atoms with Crippen LogP contribution in [0.2, 0.25) is 0 Å². The fourth-order valence-corrected chi connectivity index (χ4v) is 1.10. The minimum Gasteiger partial charge on any atom is -0.494 e. The van der Waals surface area contributed by atoms with Crippen molar-refractivity contribution in [2.24, 2.45) is 0 Å². The van der Waals surface area contributed by atoms with Gasteiger partial charge in [0.2, 0.25) is 0 Å². The van der Waals surface area contributed by atoms with Gasteiger partial charge < -0.3 is 14.9 Å². The molecule has 1 aromatic carbocycles. The van der Waals surface area contributed by atoms with Gasteiger partial charge in [-0.15, -0.1) is 0 Å². The number of ether oxygens (including phenoxy) is 1. The number of aliphatic hydroxyl groups is 2. The Bertz CT molecular complexity index is 254. The van der Waals surface area contributed by atoms with E-state index >= 15 is 0 Å². The van der Waals surface area contributed by atoms with Crippen LogP contribution in [0.4, 0.5) is 0 Å². The number of hydrogen-bond donors (Lipinski definition) is 2. The Kier molecular flexibility index (Phi) is 4.43. The van der Waals surface area contributed by atoms with E-state index in [0.29, 0.717) is 13.0 Å². The summed E-state index contributed by atoms with van der Waals surface area (Å²) in [7, 11) is 0. The molecule has 0 aliphatic rings. The van der Waals surface area contributed by atoms with Crippen molar-refractivity contribution in [2.75, 3.05) is 13.2 Å². The molecule has 0 radical (unpaired) electrons. The predicted molar refractivity (Wildman–Crippen MR) is 54.3 cm³/mol. The quantitative estimate of drug-likeness (QED) is 0.702. The van der Waals surface area contributed by atoms with Gasteiger partial charge in [0, 0.05) is 13.0 Å². The van der Waals surface area contributed by atoms with Gasteiger partial charge in [-0.3, -0.25) is 0 Å². The smallest absolute Gasteiger partial charge is 0.119 e. The average molecular weight is 196 g/mol. The fraction of sp³-hybridized carbons (Fsp3) is 0.455. The van der Waals surface area contributed by atoms with Crippen LogP contribution >= 0.6 is 0 Å². The van der Waals surface area contributed by atoms with Crippen LogP contribution in [-0.4, -0.2) is 23.4 Å². The normalized spacial score (nSPS) is 12.5. The van der Waals surface area contributed by atoms with Gasteiger partial charge in [0.25, 0.3) is 0 Å². The standard InChI is InChI=1S/C11H16O3/c1-9(13)10-3-5-11(6-4-10)14-8-2-7-12/h3-6,9,12-13H,2,7-8H2,1H3/t9-/m1/s1. The molecule has 0 aromatic heterocycles. The highest BCUT2D eigenvalue weighted by molar-refractivity contribution is 5.28. The van der Waals surface area contributed by atoms with Gasteiger partial charge in [-0.05, 0) is 24.6 Å². The third-order valence-corrected chi connectivity index (χ3v) is 1.93. The zero-order chi connectivity index (χ0) is 10.4. The molecule has 2 N–H and O–H groups in total. The van der Waals surface area contributed by atoms with Crippen LogP contribution in [-0.2, 0) is 0 Å². The van der Waals surface area contributed by atoms with Gasteiger partial charge in [-0.25, -0.2) is 0 Å². The Morgan fingerprint density at radius 2 is 1.93 bits per heavy atom. The predicted octanol–water partition coefficient (Wildman–Crippen LogP) is 1.50. The monoisotopic (exact) mass is 196 g/mol. The van der Waals surface area contributed by atoms with Crippen LogP contribution in [0.5, 0.6) is 5.75 Å². The second-order valence-electron chi connectivity index (χ2n) is 3.17. The first-order valence-corrected chi connectivity index (χ1v) is 4.75. The Morgan fingerprint density at radius 3 is 2.43 bits per heavy atom. The molecule has 78 valence electrons. The Hall–Kier alpha value is -1.06. The third kappa shape index (κ3) is 3.36. The minimum atomic E-state index is -0.443. The lowest BCUT2D eigenvalue weighted by Crippen LogP contribution is -1.99. The summed E-state index contributed by atoms with van der Waals surface area (Å²) in [5, 5.41) is 17.8. The molecule has 3 heteroatoms. The molecular weight excluding hydrogens is 180 g/mol. The number of benzene rings is 1. The van der Waals surface area contributed by atoms with Crippen molar-refractivity contribution in [3.05, 3.63) is 29.8 Å². The highest BCUT2D eigenvalue weighted by atomic mass is 16.5. The van der Waals surface area contributed by atoms with Gasteiger partial charge in [0.1, 0.15) is 5.75 Å². The molecule has 0 amide bonds. The van der Waals surface area contributed by atoms with E-state index < -0.39 is 6.10 Å². The lowest BCUT2D eigenvalue weighted by atomic mass is 10.1. The number of rotatable bonds is 5. The van der Waals surface area contributed by atoms with Crippen molar-refractivity contribution in [3.8, 4) is 5.75 Å². The highest BCUT2D eigenvalue weighted by Crippen LogP contribution is 2.17. The van der Waals surface area contributed by atoms with Crippen molar-refractivity contribution in [1.82, 2.24) is 0 Å². The van der Waals surface area contributed by atoms with E-state index in [1.807, 2.05) is 24.3 Å². The molecule has 3 nitrogen and oxygen atoms in total. The maximum Gasteiger partial charge on any atom is 0.119 e. The fourth-order valence-electron chi connectivity index (χ4n) is 1.10. The summed E-state index contributed by atoms with van der Waals surface area (Å²) in [6.45, 7) is 2.39. The van der Waals surface area contributed by atoms with Crippen LogP contribution in [0.3, 0.4) is 0 Å². The second-order valence-corrected chi connectivity index (χ2v) is 3.17. The highest BCUT2D eigenvalue weighted by Gasteiger charge is 2.00. The average Bonchev–Trinajstić information content (AvgIpc) is 2.19. The van der Waals surface area contributed by atoms with E-state index in [9.17, 15) is 5.11 Å². The van der Waals surface area contributed by atoms with Crippen LogP contribution in [0.25, 0.3) is 0 Å². The van der Waals surface area contributed by atoms with Gasteiger partial charge in [0.15, 0.2) is 0 Å². The molecule has 1 atom stereocenters. The van der Waals surface area contributed by atoms with E-state index in [1.165, 1.54) is 0 Å². The topological polar surface area (TPSA) is 49.7 Å².